The Kier molecular flexibility index (Phi) is 11.3. The minimum Gasteiger partial charge on any atom is -0.361 e. The van der Waals surface area contributed by atoms with Crippen molar-refractivity contribution in [2.24, 2.45) is 0 Å². The second-order valence-corrected chi connectivity index (χ2v) is 3.98. The van der Waals surface area contributed by atoms with Crippen molar-refractivity contribution in [1.29, 1.82) is 5.26 Å². The lowest BCUT2D eigenvalue weighted by molar-refractivity contribution is 0.00445. The van der Waals surface area contributed by atoms with Gasteiger partial charge >= 0.3 is 0 Å². The van der Waals surface area contributed by atoms with Gasteiger partial charge in [0.25, 0.3) is 0 Å². The quantitative estimate of drug-likeness (QED) is 0.765. The molecule has 1 atom stereocenters. The average Bonchev–Trinajstić information content (AvgIpc) is 2.52. The molecule has 1 unspecified atom stereocenters. The molecular weight excluding hydrogens is 236 g/mol. The third-order valence-corrected chi connectivity index (χ3v) is 2.77. The van der Waals surface area contributed by atoms with Crippen molar-refractivity contribution in [1.82, 2.24) is 4.90 Å². The summed E-state index contributed by atoms with van der Waals surface area (Å²) in [6.45, 7) is 11.3. The van der Waals surface area contributed by atoms with Crippen molar-refractivity contribution in [3.8, 4) is 6.07 Å². The zero-order chi connectivity index (χ0) is 14.5. The smallest absolute Gasteiger partial charge is 0.156 e. The Morgan fingerprint density at radius 3 is 2.63 bits per heavy atom. The van der Waals surface area contributed by atoms with Crippen LogP contribution in [0.4, 0.5) is 0 Å². The van der Waals surface area contributed by atoms with Crippen molar-refractivity contribution in [3.05, 3.63) is 23.8 Å². The van der Waals surface area contributed by atoms with E-state index in [1.54, 1.807) is 0 Å². The van der Waals surface area contributed by atoms with E-state index in [1.807, 2.05) is 27.7 Å². The standard InChI is InChI=1S/C12H16N2O.2C2H6/c13-8-12-10-14(6-7-15-12)9-11-4-2-1-3-5-11;2*1-2/h2,4-5,12H,1,3,6-7,9-10H2;2*1-2H3. The molecule has 0 amide bonds. The number of allylic oxidation sites excluding steroid dienone is 2. The van der Waals surface area contributed by atoms with E-state index in [0.717, 1.165) is 32.5 Å². The van der Waals surface area contributed by atoms with Gasteiger partial charge in [-0.2, -0.15) is 5.26 Å². The van der Waals surface area contributed by atoms with Gasteiger partial charge in [-0.15, -0.1) is 0 Å². The van der Waals surface area contributed by atoms with Gasteiger partial charge in [0.05, 0.1) is 12.7 Å². The molecule has 0 bridgehead atoms. The largest absolute Gasteiger partial charge is 0.361 e. The predicted octanol–water partition coefficient (Wildman–Crippen LogP) is 3.54. The van der Waals surface area contributed by atoms with Gasteiger partial charge in [0.1, 0.15) is 0 Å². The highest BCUT2D eigenvalue weighted by Gasteiger charge is 2.19. The van der Waals surface area contributed by atoms with Crippen molar-refractivity contribution in [2.75, 3.05) is 26.2 Å². The van der Waals surface area contributed by atoms with Gasteiger partial charge < -0.3 is 4.74 Å². The molecule has 0 aromatic rings. The minimum atomic E-state index is -0.244. The first-order chi connectivity index (χ1) is 9.38. The van der Waals surface area contributed by atoms with Gasteiger partial charge in [-0.3, -0.25) is 4.90 Å². The summed E-state index contributed by atoms with van der Waals surface area (Å²) in [5, 5.41) is 8.78. The topological polar surface area (TPSA) is 36.3 Å². The van der Waals surface area contributed by atoms with Gasteiger partial charge in [0.2, 0.25) is 0 Å². The Balaban J connectivity index is 0.000000741. The first-order valence-corrected chi connectivity index (χ1v) is 7.47. The number of rotatable bonds is 2. The van der Waals surface area contributed by atoms with Crippen LogP contribution in [0.2, 0.25) is 0 Å². The molecule has 1 aliphatic heterocycles. The number of nitrogens with zero attached hydrogens (tertiary/aromatic N) is 2. The first kappa shape index (κ1) is 17.9. The van der Waals surface area contributed by atoms with Crippen molar-refractivity contribution in [2.45, 2.75) is 46.6 Å². The summed E-state index contributed by atoms with van der Waals surface area (Å²) in [5.41, 5.74) is 1.37. The monoisotopic (exact) mass is 264 g/mol. The molecule has 2 rings (SSSR count). The lowest BCUT2D eigenvalue weighted by Crippen LogP contribution is -2.42. The third-order valence-electron chi connectivity index (χ3n) is 2.77. The molecule has 108 valence electrons. The highest BCUT2D eigenvalue weighted by atomic mass is 16.5. The highest BCUT2D eigenvalue weighted by molar-refractivity contribution is 5.23. The van der Waals surface area contributed by atoms with Gasteiger partial charge in [0.15, 0.2) is 6.10 Å². The van der Waals surface area contributed by atoms with Crippen LogP contribution in [-0.4, -0.2) is 37.2 Å². The summed E-state index contributed by atoms with van der Waals surface area (Å²) in [7, 11) is 0. The Morgan fingerprint density at radius 2 is 2.05 bits per heavy atom. The molecule has 2 aliphatic rings. The van der Waals surface area contributed by atoms with Crippen LogP contribution in [-0.2, 0) is 4.74 Å². The average molecular weight is 264 g/mol. The Labute approximate surface area is 118 Å². The number of hydrogen-bond acceptors (Lipinski definition) is 3. The lowest BCUT2D eigenvalue weighted by Gasteiger charge is -2.30. The van der Waals surface area contributed by atoms with E-state index in [-0.39, 0.29) is 6.10 Å². The number of nitriles is 1. The highest BCUT2D eigenvalue weighted by Crippen LogP contribution is 2.13. The molecule has 0 N–H and O–H groups in total. The third kappa shape index (κ3) is 7.15. The van der Waals surface area contributed by atoms with E-state index in [4.69, 9.17) is 10.00 Å². The SMILES string of the molecule is CC.CC.N#CC1CN(CC2=CCCC=C2)CCO1. The molecule has 0 saturated carbocycles. The molecule has 0 spiro atoms. The van der Waals surface area contributed by atoms with Crippen molar-refractivity contribution in [3.63, 3.8) is 0 Å². The molecule has 1 fully saturated rings. The zero-order valence-electron chi connectivity index (χ0n) is 12.9. The molecular formula is C16H28N2O. The van der Waals surface area contributed by atoms with Crippen molar-refractivity contribution >= 4 is 0 Å². The molecule has 19 heavy (non-hydrogen) atoms. The van der Waals surface area contributed by atoms with Crippen molar-refractivity contribution < 1.29 is 4.74 Å². The van der Waals surface area contributed by atoms with Gasteiger partial charge in [0, 0.05) is 19.6 Å². The van der Waals surface area contributed by atoms with E-state index in [0.29, 0.717) is 6.61 Å². The molecule has 1 aliphatic carbocycles. The fraction of sp³-hybridized carbons (Fsp3) is 0.688. The van der Waals surface area contributed by atoms with Crippen LogP contribution in [0.25, 0.3) is 0 Å². The van der Waals surface area contributed by atoms with E-state index in [2.05, 4.69) is 29.2 Å². The molecule has 0 radical (unpaired) electrons. The van der Waals surface area contributed by atoms with E-state index < -0.39 is 0 Å². The Morgan fingerprint density at radius 1 is 1.32 bits per heavy atom. The maximum absolute atomic E-state index is 8.78. The summed E-state index contributed by atoms with van der Waals surface area (Å²) >= 11 is 0. The molecule has 1 saturated heterocycles. The lowest BCUT2D eigenvalue weighted by atomic mass is 10.1. The molecule has 0 aromatic heterocycles. The first-order valence-electron chi connectivity index (χ1n) is 7.47. The minimum absolute atomic E-state index is 0.244. The molecule has 0 aromatic carbocycles. The molecule has 1 heterocycles. The maximum Gasteiger partial charge on any atom is 0.156 e. The summed E-state index contributed by atoms with van der Waals surface area (Å²) in [4.78, 5) is 2.29. The van der Waals surface area contributed by atoms with Crippen LogP contribution in [0.15, 0.2) is 23.8 Å². The molecule has 3 nitrogen and oxygen atoms in total. The van der Waals surface area contributed by atoms with Gasteiger partial charge in [-0.1, -0.05) is 45.9 Å². The van der Waals surface area contributed by atoms with E-state index in [9.17, 15) is 0 Å². The number of ether oxygens (including phenoxy) is 1. The van der Waals surface area contributed by atoms with E-state index >= 15 is 0 Å². The second-order valence-electron chi connectivity index (χ2n) is 3.98. The summed E-state index contributed by atoms with van der Waals surface area (Å²) < 4.78 is 5.31. The van der Waals surface area contributed by atoms with E-state index in [1.165, 1.54) is 5.57 Å². The van der Waals surface area contributed by atoms with Crippen LogP contribution >= 0.6 is 0 Å². The summed E-state index contributed by atoms with van der Waals surface area (Å²) in [5.74, 6) is 0. The number of morpholine rings is 1. The fourth-order valence-corrected chi connectivity index (χ4v) is 1.97. The van der Waals surface area contributed by atoms with Crippen LogP contribution in [0.3, 0.4) is 0 Å². The van der Waals surface area contributed by atoms with Crippen LogP contribution in [0, 0.1) is 11.3 Å². The zero-order valence-corrected chi connectivity index (χ0v) is 12.9. The second kappa shape index (κ2) is 12.0. The normalized spacial score (nSPS) is 22.1. The Bertz CT molecular complexity index is 315. The fourth-order valence-electron chi connectivity index (χ4n) is 1.97. The summed E-state index contributed by atoms with van der Waals surface area (Å²) in [6.07, 6.45) is 8.77. The van der Waals surface area contributed by atoms with Crippen LogP contribution in [0.1, 0.15) is 40.5 Å². The maximum atomic E-state index is 8.78. The van der Waals surface area contributed by atoms with Gasteiger partial charge in [-0.25, -0.2) is 0 Å². The summed E-state index contributed by atoms with van der Waals surface area (Å²) in [6, 6.07) is 2.17. The number of hydrogen-bond donors (Lipinski definition) is 0. The van der Waals surface area contributed by atoms with Gasteiger partial charge in [-0.05, 0) is 18.4 Å². The predicted molar refractivity (Wildman–Crippen MR) is 80.9 cm³/mol. The molecule has 3 heteroatoms. The van der Waals surface area contributed by atoms with Crippen LogP contribution in [0.5, 0.6) is 0 Å². The van der Waals surface area contributed by atoms with Crippen LogP contribution < -0.4 is 0 Å². The Hall–Kier alpha value is -1.11.